The topological polar surface area (TPSA) is 104 Å². The summed E-state index contributed by atoms with van der Waals surface area (Å²) in [5, 5.41) is 18.7. The molecule has 10 heterocycles. The van der Waals surface area contributed by atoms with Crippen molar-refractivity contribution in [3.8, 4) is 102 Å². The number of hydrogen-bond acceptors (Lipinski definition) is 5. The Bertz CT molecular complexity index is 10400. The summed E-state index contributed by atoms with van der Waals surface area (Å²) < 4.78 is 18.4. The summed E-state index contributed by atoms with van der Waals surface area (Å²) >= 11 is 0. The molecule has 21 aromatic carbocycles. The molecule has 0 fully saturated rings. The van der Waals surface area contributed by atoms with E-state index in [1.165, 1.54) is 81.8 Å². The van der Waals surface area contributed by atoms with E-state index in [0.717, 1.165) is 171 Å². The molecule has 0 saturated heterocycles. The largest absolute Gasteiger partial charge is 0.309 e. The summed E-state index contributed by atoms with van der Waals surface area (Å²) in [6.45, 7) is 0. The summed E-state index contributed by atoms with van der Waals surface area (Å²) in [6, 6.07) is 181. The molecule has 31 aromatic rings. The van der Waals surface area contributed by atoms with Gasteiger partial charge in [-0.1, -0.05) is 328 Å². The van der Waals surface area contributed by atoms with Crippen molar-refractivity contribution in [3.05, 3.63) is 504 Å². The third-order valence-corrected chi connectivity index (χ3v) is 29.8. The van der Waals surface area contributed by atoms with Crippen LogP contribution in [0.1, 0.15) is 0 Å². The molecule has 31 rings (SSSR count). The van der Waals surface area contributed by atoms with Crippen LogP contribution in [0.5, 0.6) is 0 Å². The number of para-hydroxylation sites is 12. The average Bonchev–Trinajstić information content (AvgIpc) is 1.55. The molecule has 0 aliphatic carbocycles. The van der Waals surface area contributed by atoms with Gasteiger partial charge >= 0.3 is 0 Å². The first-order valence-electron chi connectivity index (χ1n) is 49.6. The fraction of sp³-hybridized carbons (Fsp3) is 0. The van der Waals surface area contributed by atoms with E-state index in [1.54, 1.807) is 0 Å². The van der Waals surface area contributed by atoms with Gasteiger partial charge in [0.05, 0.1) is 99.7 Å². The van der Waals surface area contributed by atoms with Crippen molar-refractivity contribution in [1.82, 2.24) is 61.5 Å². The van der Waals surface area contributed by atoms with E-state index in [9.17, 15) is 0 Å². The highest BCUT2D eigenvalue weighted by molar-refractivity contribution is 6.19. The molecule has 146 heavy (non-hydrogen) atoms. The second-order valence-electron chi connectivity index (χ2n) is 37.8. The smallest absolute Gasteiger partial charge is 0.241 e. The SMILES string of the molecule is c1ccc(-c2ccc(-c3cc(-c4ccccc4)nc(-n4c5ccc(-c6ccc7c(c6)c6ccccc6n7-c6ccccc6)cc5c5cc(-n6c7ccccc7c7ccccc76)ccc54)n3)cc2)cc1.c1ccc(-n2c3ccccc3c3cc(-c4ccc5c(c4)c4cc(-n6c7ccccc7c7ccccc76)ccc4n5-c4nc(-n5c6ccccc6c6ccccc65)nc(-n5c6ccccc6c6ccccc65)n4)ccc32)cc1. The van der Waals surface area contributed by atoms with Gasteiger partial charge in [-0.3, -0.25) is 18.3 Å². The van der Waals surface area contributed by atoms with Crippen LogP contribution < -0.4 is 0 Å². The van der Waals surface area contributed by atoms with E-state index in [4.69, 9.17) is 24.9 Å². The van der Waals surface area contributed by atoms with Gasteiger partial charge < -0.3 is 18.3 Å². The molecular weight excluding hydrogens is 1780 g/mol. The van der Waals surface area contributed by atoms with Gasteiger partial charge in [0.15, 0.2) is 0 Å². The minimum absolute atomic E-state index is 0.515. The summed E-state index contributed by atoms with van der Waals surface area (Å²) in [5.74, 6) is 2.19. The minimum atomic E-state index is 0.515. The van der Waals surface area contributed by atoms with E-state index in [2.05, 4.69) is 534 Å². The second-order valence-corrected chi connectivity index (χ2v) is 37.8. The third kappa shape index (κ3) is 12.9. The summed E-state index contributed by atoms with van der Waals surface area (Å²) in [7, 11) is 0. The monoisotopic (exact) mass is 1860 g/mol. The van der Waals surface area contributed by atoms with Gasteiger partial charge in [0, 0.05) is 120 Å². The third-order valence-electron chi connectivity index (χ3n) is 29.8. The molecule has 10 aromatic heterocycles. The first-order chi connectivity index (χ1) is 72.4. The molecule has 0 atom stereocenters. The van der Waals surface area contributed by atoms with Crippen LogP contribution in [0.4, 0.5) is 0 Å². The van der Waals surface area contributed by atoms with Gasteiger partial charge in [0.25, 0.3) is 0 Å². The zero-order valence-electron chi connectivity index (χ0n) is 78.7. The fourth-order valence-electron chi connectivity index (χ4n) is 23.3. The normalized spacial score (nSPS) is 12.0. The minimum Gasteiger partial charge on any atom is -0.309 e. The van der Waals surface area contributed by atoms with E-state index in [-0.39, 0.29) is 0 Å². The van der Waals surface area contributed by atoms with Crippen LogP contribution in [0, 0.1) is 0 Å². The molecule has 0 unspecified atom stereocenters. The van der Waals surface area contributed by atoms with Gasteiger partial charge in [-0.25, -0.2) is 9.97 Å². The van der Waals surface area contributed by atoms with Gasteiger partial charge in [-0.15, -0.1) is 0 Å². The second kappa shape index (κ2) is 32.9. The standard InChI is InChI=1S/C69H42N8.C64H41N5/c1-2-18-45(19-3-1)73-59-29-13-10-26-53(59)54-40-43(34-37-64(54)73)44-35-38-65-55(41-44)56-42-46(74-57-27-11-4-20-47(57)48-21-5-12-28-58(48)74)36-39-66(56)77(65)69-71-67(75-60-30-14-6-22-49(60)50-23-7-15-31-61(50)75)70-68(72-69)76-62-32-16-8-24-51(62)52-25-9-17-33-63(52)76;1-4-16-42(17-5-1)43-28-30-45(31-29-43)57-41-56(44-18-6-2-7-19-44)65-64(66-57)69-62-36-33-47(46-32-35-61-53(38-46)52-24-12-15-27-60(52)67(61)48-20-8-3-9-21-48)39-54(62)55-40-49(34-37-63(55)69)68-58-25-13-10-22-50(58)51-23-11-14-26-59(51)68/h1-42H;1-41H. The molecule has 680 valence electrons. The summed E-state index contributed by atoms with van der Waals surface area (Å²) in [4.78, 5) is 27.5. The average molecular weight is 1860 g/mol. The molecule has 13 nitrogen and oxygen atoms in total. The molecule has 0 N–H and O–H groups in total. The Morgan fingerprint density at radius 1 is 0.103 bits per heavy atom. The van der Waals surface area contributed by atoms with Crippen LogP contribution >= 0.6 is 0 Å². The molecule has 0 spiro atoms. The van der Waals surface area contributed by atoms with E-state index >= 15 is 0 Å². The van der Waals surface area contributed by atoms with Crippen molar-refractivity contribution in [2.24, 2.45) is 0 Å². The van der Waals surface area contributed by atoms with E-state index in [0.29, 0.717) is 23.8 Å². The zero-order chi connectivity index (χ0) is 95.7. The number of benzene rings is 21. The Morgan fingerprint density at radius 3 is 0.575 bits per heavy atom. The maximum atomic E-state index is 5.60. The van der Waals surface area contributed by atoms with E-state index < -0.39 is 0 Å². The van der Waals surface area contributed by atoms with Gasteiger partial charge in [-0.2, -0.15) is 15.0 Å². The predicted octanol–water partition coefficient (Wildman–Crippen LogP) is 33.5. The van der Waals surface area contributed by atoms with Crippen molar-refractivity contribution in [2.75, 3.05) is 0 Å². The molecule has 0 saturated carbocycles. The number of hydrogen-bond donors (Lipinski definition) is 0. The molecule has 0 bridgehead atoms. The summed E-state index contributed by atoms with van der Waals surface area (Å²) in [5.41, 5.74) is 32.6. The van der Waals surface area contributed by atoms with Crippen LogP contribution in [-0.2, 0) is 0 Å². The highest BCUT2D eigenvalue weighted by atomic mass is 15.3. The Kier molecular flexibility index (Phi) is 18.5. The van der Waals surface area contributed by atoms with Gasteiger partial charge in [0.2, 0.25) is 23.8 Å². The quantitative estimate of drug-likeness (QED) is 0.114. The highest BCUT2D eigenvalue weighted by Gasteiger charge is 2.28. The lowest BCUT2D eigenvalue weighted by atomic mass is 10.0. The predicted molar refractivity (Wildman–Crippen MR) is 604 cm³/mol. The highest BCUT2D eigenvalue weighted by Crippen LogP contribution is 2.47. The van der Waals surface area contributed by atoms with E-state index in [1.807, 2.05) is 6.07 Å². The lowest BCUT2D eigenvalue weighted by molar-refractivity contribution is 0.848. The van der Waals surface area contributed by atoms with Crippen molar-refractivity contribution in [1.29, 1.82) is 0 Å². The van der Waals surface area contributed by atoms with Gasteiger partial charge in [-0.05, 0) is 209 Å². The van der Waals surface area contributed by atoms with Crippen LogP contribution in [0.25, 0.3) is 277 Å². The lowest BCUT2D eigenvalue weighted by Gasteiger charge is -2.14. The number of aromatic nitrogens is 13. The van der Waals surface area contributed by atoms with Gasteiger partial charge in [0.1, 0.15) is 0 Å². The Hall–Kier alpha value is -19.9. The van der Waals surface area contributed by atoms with Crippen molar-refractivity contribution < 1.29 is 0 Å². The van der Waals surface area contributed by atoms with Crippen LogP contribution in [0.2, 0.25) is 0 Å². The Morgan fingerprint density at radius 2 is 0.281 bits per heavy atom. The maximum Gasteiger partial charge on any atom is 0.241 e. The van der Waals surface area contributed by atoms with Crippen LogP contribution in [-0.4, -0.2) is 61.5 Å². The molecule has 0 radical (unpaired) electrons. The van der Waals surface area contributed by atoms with Crippen LogP contribution in [0.3, 0.4) is 0 Å². The zero-order valence-corrected chi connectivity index (χ0v) is 78.7. The van der Waals surface area contributed by atoms with Crippen molar-refractivity contribution in [2.45, 2.75) is 0 Å². The Labute approximate surface area is 836 Å². The number of nitrogens with zero attached hydrogens (tertiary/aromatic N) is 13. The molecule has 0 aliphatic heterocycles. The van der Waals surface area contributed by atoms with Crippen molar-refractivity contribution >= 4 is 174 Å². The first-order valence-corrected chi connectivity index (χ1v) is 49.6. The molecule has 0 amide bonds. The summed E-state index contributed by atoms with van der Waals surface area (Å²) in [6.07, 6.45) is 0. The fourth-order valence-corrected chi connectivity index (χ4v) is 23.3. The number of rotatable bonds is 13. The Balaban J connectivity index is 0.000000136. The maximum absolute atomic E-state index is 5.60. The first kappa shape index (κ1) is 82.0. The molecular formula is C133H83N13. The number of fused-ring (bicyclic) bond motifs is 24. The van der Waals surface area contributed by atoms with Crippen LogP contribution in [0.15, 0.2) is 504 Å². The lowest BCUT2D eigenvalue weighted by Crippen LogP contribution is -2.13. The van der Waals surface area contributed by atoms with Crippen molar-refractivity contribution in [3.63, 3.8) is 0 Å². The molecule has 13 heteroatoms. The molecule has 0 aliphatic rings.